The Morgan fingerprint density at radius 2 is 2.00 bits per heavy atom. The lowest BCUT2D eigenvalue weighted by atomic mass is 9.99. The standard InChI is InChI=1S/C13H26N2O/c1-13(10-16,14-2)7-8-15(12-5-6-12)9-11-3-4-11/h11-12,14,16H,3-10H2,1-2H3. The second-order valence-electron chi connectivity index (χ2n) is 5.89. The SMILES string of the molecule is CNC(C)(CO)CCN(CC1CC1)C1CC1. The molecule has 0 radical (unpaired) electrons. The number of rotatable bonds is 8. The van der Waals surface area contributed by atoms with Gasteiger partial charge in [-0.15, -0.1) is 0 Å². The molecule has 3 heteroatoms. The van der Waals surface area contributed by atoms with Crippen molar-refractivity contribution in [1.82, 2.24) is 10.2 Å². The fraction of sp³-hybridized carbons (Fsp3) is 1.00. The maximum atomic E-state index is 9.37. The minimum absolute atomic E-state index is 0.101. The molecule has 2 saturated carbocycles. The fourth-order valence-corrected chi connectivity index (χ4v) is 2.17. The number of likely N-dealkylation sites (N-methyl/N-ethyl adjacent to an activating group) is 1. The van der Waals surface area contributed by atoms with E-state index in [1.54, 1.807) is 0 Å². The van der Waals surface area contributed by atoms with Gasteiger partial charge in [0.1, 0.15) is 0 Å². The van der Waals surface area contributed by atoms with Gasteiger partial charge in [0.15, 0.2) is 0 Å². The highest BCUT2D eigenvalue weighted by molar-refractivity contribution is 4.90. The van der Waals surface area contributed by atoms with E-state index in [1.807, 2.05) is 7.05 Å². The fourth-order valence-electron chi connectivity index (χ4n) is 2.17. The Hall–Kier alpha value is -0.120. The van der Waals surface area contributed by atoms with Gasteiger partial charge < -0.3 is 15.3 Å². The van der Waals surface area contributed by atoms with Gasteiger partial charge in [0, 0.05) is 24.7 Å². The third-order valence-electron chi connectivity index (χ3n) is 4.16. The molecule has 16 heavy (non-hydrogen) atoms. The molecule has 2 aliphatic carbocycles. The van der Waals surface area contributed by atoms with Crippen LogP contribution in [0.2, 0.25) is 0 Å². The lowest BCUT2D eigenvalue weighted by molar-refractivity contribution is 0.147. The van der Waals surface area contributed by atoms with Crippen LogP contribution in [0.1, 0.15) is 39.0 Å². The van der Waals surface area contributed by atoms with Gasteiger partial charge in [-0.05, 0) is 52.0 Å². The summed E-state index contributed by atoms with van der Waals surface area (Å²) in [5.41, 5.74) is -0.101. The Labute approximate surface area is 99.2 Å². The molecule has 1 atom stereocenters. The average molecular weight is 226 g/mol. The third kappa shape index (κ3) is 3.44. The molecule has 0 bridgehead atoms. The van der Waals surface area contributed by atoms with Crippen molar-refractivity contribution in [3.05, 3.63) is 0 Å². The van der Waals surface area contributed by atoms with Crippen molar-refractivity contribution in [2.45, 2.75) is 50.6 Å². The van der Waals surface area contributed by atoms with Crippen LogP contribution in [0.25, 0.3) is 0 Å². The molecule has 0 heterocycles. The number of hydrogen-bond acceptors (Lipinski definition) is 3. The summed E-state index contributed by atoms with van der Waals surface area (Å²) in [6.07, 6.45) is 6.70. The van der Waals surface area contributed by atoms with E-state index in [0.717, 1.165) is 24.9 Å². The Bertz CT molecular complexity index is 220. The van der Waals surface area contributed by atoms with Gasteiger partial charge in [0.25, 0.3) is 0 Å². The highest BCUT2D eigenvalue weighted by atomic mass is 16.3. The van der Waals surface area contributed by atoms with E-state index in [2.05, 4.69) is 17.1 Å². The minimum atomic E-state index is -0.101. The monoisotopic (exact) mass is 226 g/mol. The van der Waals surface area contributed by atoms with Crippen LogP contribution < -0.4 is 5.32 Å². The molecule has 2 fully saturated rings. The summed E-state index contributed by atoms with van der Waals surface area (Å²) >= 11 is 0. The number of nitrogens with zero attached hydrogens (tertiary/aromatic N) is 1. The van der Waals surface area contributed by atoms with Crippen molar-refractivity contribution in [2.75, 3.05) is 26.7 Å². The summed E-state index contributed by atoms with van der Waals surface area (Å²) in [5, 5.41) is 12.6. The summed E-state index contributed by atoms with van der Waals surface area (Å²) in [7, 11) is 1.94. The maximum absolute atomic E-state index is 9.37. The molecule has 2 aliphatic rings. The van der Waals surface area contributed by atoms with E-state index in [1.165, 1.54) is 32.2 Å². The molecule has 0 aromatic heterocycles. The second-order valence-corrected chi connectivity index (χ2v) is 5.89. The lowest BCUT2D eigenvalue weighted by Crippen LogP contribution is -2.46. The first-order chi connectivity index (χ1) is 7.67. The van der Waals surface area contributed by atoms with Gasteiger partial charge in [-0.3, -0.25) is 0 Å². The van der Waals surface area contributed by atoms with Gasteiger partial charge >= 0.3 is 0 Å². The zero-order valence-electron chi connectivity index (χ0n) is 10.7. The largest absolute Gasteiger partial charge is 0.394 e. The van der Waals surface area contributed by atoms with Gasteiger partial charge in [-0.2, -0.15) is 0 Å². The Morgan fingerprint density at radius 1 is 1.31 bits per heavy atom. The van der Waals surface area contributed by atoms with Crippen molar-refractivity contribution in [3.8, 4) is 0 Å². The minimum Gasteiger partial charge on any atom is -0.394 e. The van der Waals surface area contributed by atoms with Gasteiger partial charge in [-0.25, -0.2) is 0 Å². The molecular weight excluding hydrogens is 200 g/mol. The van der Waals surface area contributed by atoms with Crippen LogP contribution in [0, 0.1) is 5.92 Å². The van der Waals surface area contributed by atoms with E-state index in [-0.39, 0.29) is 12.1 Å². The van der Waals surface area contributed by atoms with Crippen molar-refractivity contribution in [1.29, 1.82) is 0 Å². The van der Waals surface area contributed by atoms with Crippen molar-refractivity contribution < 1.29 is 5.11 Å². The first-order valence-electron chi connectivity index (χ1n) is 6.71. The predicted octanol–water partition coefficient (Wildman–Crippen LogP) is 1.22. The molecule has 2 rings (SSSR count). The Morgan fingerprint density at radius 3 is 2.44 bits per heavy atom. The van der Waals surface area contributed by atoms with Crippen molar-refractivity contribution in [3.63, 3.8) is 0 Å². The van der Waals surface area contributed by atoms with Gasteiger partial charge in [0.2, 0.25) is 0 Å². The van der Waals surface area contributed by atoms with Gasteiger partial charge in [0.05, 0.1) is 6.61 Å². The van der Waals surface area contributed by atoms with Crippen molar-refractivity contribution >= 4 is 0 Å². The summed E-state index contributed by atoms with van der Waals surface area (Å²) < 4.78 is 0. The third-order valence-corrected chi connectivity index (χ3v) is 4.16. The zero-order valence-corrected chi connectivity index (χ0v) is 10.7. The first-order valence-corrected chi connectivity index (χ1v) is 6.71. The Balaban J connectivity index is 1.75. The maximum Gasteiger partial charge on any atom is 0.0610 e. The Kier molecular flexibility index (Phi) is 3.88. The number of hydrogen-bond donors (Lipinski definition) is 2. The van der Waals surface area contributed by atoms with E-state index >= 15 is 0 Å². The summed E-state index contributed by atoms with van der Waals surface area (Å²) in [5.74, 6) is 0.982. The summed E-state index contributed by atoms with van der Waals surface area (Å²) in [4.78, 5) is 2.66. The predicted molar refractivity (Wildman–Crippen MR) is 66.5 cm³/mol. The van der Waals surface area contributed by atoms with Crippen LogP contribution >= 0.6 is 0 Å². The highest BCUT2D eigenvalue weighted by Crippen LogP contribution is 2.35. The molecule has 3 nitrogen and oxygen atoms in total. The molecule has 2 N–H and O–H groups in total. The summed E-state index contributed by atoms with van der Waals surface area (Å²) in [6.45, 7) is 4.77. The lowest BCUT2D eigenvalue weighted by Gasteiger charge is -2.31. The molecule has 0 aliphatic heterocycles. The number of aliphatic hydroxyl groups is 1. The zero-order chi connectivity index (χ0) is 11.6. The smallest absolute Gasteiger partial charge is 0.0610 e. The number of nitrogens with one attached hydrogen (secondary N) is 1. The topological polar surface area (TPSA) is 35.5 Å². The van der Waals surface area contributed by atoms with Crippen LogP contribution in [-0.4, -0.2) is 48.3 Å². The van der Waals surface area contributed by atoms with Crippen LogP contribution in [0.15, 0.2) is 0 Å². The van der Waals surface area contributed by atoms with Crippen LogP contribution in [0.5, 0.6) is 0 Å². The highest BCUT2D eigenvalue weighted by Gasteiger charge is 2.34. The van der Waals surface area contributed by atoms with Crippen LogP contribution in [-0.2, 0) is 0 Å². The molecule has 0 saturated heterocycles. The molecule has 0 amide bonds. The molecule has 0 aromatic rings. The van der Waals surface area contributed by atoms with Crippen molar-refractivity contribution in [2.24, 2.45) is 5.92 Å². The molecule has 0 aromatic carbocycles. The molecular formula is C13H26N2O. The van der Waals surface area contributed by atoms with Gasteiger partial charge in [-0.1, -0.05) is 0 Å². The quantitative estimate of drug-likeness (QED) is 0.653. The number of aliphatic hydroxyl groups excluding tert-OH is 1. The summed E-state index contributed by atoms with van der Waals surface area (Å²) in [6, 6.07) is 0.861. The normalized spacial score (nSPS) is 24.8. The first kappa shape index (κ1) is 12.3. The van der Waals surface area contributed by atoms with E-state index in [4.69, 9.17) is 0 Å². The van der Waals surface area contributed by atoms with Crippen LogP contribution in [0.4, 0.5) is 0 Å². The molecule has 1 unspecified atom stereocenters. The molecule has 94 valence electrons. The van der Waals surface area contributed by atoms with Crippen LogP contribution in [0.3, 0.4) is 0 Å². The second kappa shape index (κ2) is 5.03. The molecule has 0 spiro atoms. The van der Waals surface area contributed by atoms with E-state index in [9.17, 15) is 5.11 Å². The average Bonchev–Trinajstić information content (AvgIpc) is 3.16. The van der Waals surface area contributed by atoms with E-state index < -0.39 is 0 Å². The van der Waals surface area contributed by atoms with E-state index in [0.29, 0.717) is 0 Å².